The summed E-state index contributed by atoms with van der Waals surface area (Å²) in [7, 11) is 0. The van der Waals surface area contributed by atoms with Crippen LogP contribution in [0.3, 0.4) is 0 Å². The van der Waals surface area contributed by atoms with Gasteiger partial charge in [-0.1, -0.05) is 20.8 Å². The monoisotopic (exact) mass is 244 g/mol. The zero-order chi connectivity index (χ0) is 13.9. The molecule has 0 aromatic carbocycles. The van der Waals surface area contributed by atoms with Crippen molar-refractivity contribution in [1.29, 1.82) is 0 Å². The highest BCUT2D eigenvalue weighted by atomic mass is 16.7. The maximum atomic E-state index is 12.1. The average molecular weight is 244 g/mol. The maximum Gasteiger partial charge on any atom is 0.313 e. The predicted octanol–water partition coefficient (Wildman–Crippen LogP) is 3.76. The van der Waals surface area contributed by atoms with Gasteiger partial charge in [0.2, 0.25) is 5.79 Å². The molecule has 0 radical (unpaired) electrons. The van der Waals surface area contributed by atoms with Crippen LogP contribution in [-0.4, -0.2) is 17.9 Å². The van der Waals surface area contributed by atoms with Crippen molar-refractivity contribution in [3.8, 4) is 0 Å². The molecule has 0 rings (SSSR count). The van der Waals surface area contributed by atoms with Crippen LogP contribution in [0.15, 0.2) is 0 Å². The van der Waals surface area contributed by atoms with Crippen molar-refractivity contribution in [3.63, 3.8) is 0 Å². The lowest BCUT2D eigenvalue weighted by Crippen LogP contribution is -2.45. The van der Waals surface area contributed by atoms with Crippen LogP contribution in [0.4, 0.5) is 0 Å². The Morgan fingerprint density at radius 3 is 1.88 bits per heavy atom. The van der Waals surface area contributed by atoms with Gasteiger partial charge in [0.25, 0.3) is 0 Å². The Kier molecular flexibility index (Phi) is 5.66. The maximum absolute atomic E-state index is 12.1. The Bertz CT molecular complexity index is 256. The van der Waals surface area contributed by atoms with Crippen LogP contribution in [0, 0.1) is 11.3 Å². The molecule has 3 nitrogen and oxygen atoms in total. The number of rotatable bonds is 6. The molecule has 0 aliphatic heterocycles. The Balaban J connectivity index is 4.84. The van der Waals surface area contributed by atoms with E-state index in [0.717, 1.165) is 6.42 Å². The number of carbonyl (C=O) groups is 1. The molecule has 0 heterocycles. The molecule has 0 aromatic heterocycles. The second-order valence-corrected chi connectivity index (χ2v) is 5.96. The van der Waals surface area contributed by atoms with E-state index in [4.69, 9.17) is 9.47 Å². The first-order chi connectivity index (χ1) is 7.55. The van der Waals surface area contributed by atoms with Gasteiger partial charge in [0, 0.05) is 12.8 Å². The molecular weight excluding hydrogens is 216 g/mol. The van der Waals surface area contributed by atoms with Crippen LogP contribution in [0.2, 0.25) is 0 Å². The number of ether oxygens (including phenoxy) is 2. The Labute approximate surface area is 106 Å². The second kappa shape index (κ2) is 5.85. The minimum Gasteiger partial charge on any atom is -0.433 e. The summed E-state index contributed by atoms with van der Waals surface area (Å²) >= 11 is 0. The molecule has 0 bridgehead atoms. The molecular formula is C14H28O3. The lowest BCUT2D eigenvalue weighted by Gasteiger charge is -2.37. The smallest absolute Gasteiger partial charge is 0.313 e. The van der Waals surface area contributed by atoms with Gasteiger partial charge < -0.3 is 9.47 Å². The lowest BCUT2D eigenvalue weighted by molar-refractivity contribution is -0.260. The molecule has 0 aliphatic rings. The molecule has 0 amide bonds. The molecule has 0 aromatic rings. The van der Waals surface area contributed by atoms with Crippen molar-refractivity contribution >= 4 is 5.97 Å². The van der Waals surface area contributed by atoms with E-state index in [1.54, 1.807) is 0 Å². The standard InChI is InChI=1S/C14H28O3/c1-9-13(6,7)12(15)17-14(8,10(2)3)16-11(4)5/h10-11H,9H2,1-8H3. The first kappa shape index (κ1) is 16.4. The Hall–Kier alpha value is -0.570. The first-order valence-corrected chi connectivity index (χ1v) is 6.46. The van der Waals surface area contributed by atoms with Crippen molar-refractivity contribution < 1.29 is 14.3 Å². The van der Waals surface area contributed by atoms with Gasteiger partial charge in [-0.3, -0.25) is 4.79 Å². The molecule has 17 heavy (non-hydrogen) atoms. The third-order valence-corrected chi connectivity index (χ3v) is 3.25. The molecule has 1 atom stereocenters. The van der Waals surface area contributed by atoms with E-state index in [2.05, 4.69) is 0 Å². The number of hydrogen-bond donors (Lipinski definition) is 0. The van der Waals surface area contributed by atoms with Crippen molar-refractivity contribution in [1.82, 2.24) is 0 Å². The largest absolute Gasteiger partial charge is 0.433 e. The molecule has 0 saturated heterocycles. The quantitative estimate of drug-likeness (QED) is 0.527. The molecule has 102 valence electrons. The van der Waals surface area contributed by atoms with Crippen LogP contribution in [0.1, 0.15) is 61.8 Å². The van der Waals surface area contributed by atoms with E-state index in [1.165, 1.54) is 0 Å². The summed E-state index contributed by atoms with van der Waals surface area (Å²) in [5, 5.41) is 0. The second-order valence-electron chi connectivity index (χ2n) is 5.96. The van der Waals surface area contributed by atoms with Crippen molar-refractivity contribution in [3.05, 3.63) is 0 Å². The average Bonchev–Trinajstić information content (AvgIpc) is 2.15. The van der Waals surface area contributed by atoms with E-state index in [0.29, 0.717) is 0 Å². The van der Waals surface area contributed by atoms with Gasteiger partial charge in [-0.15, -0.1) is 0 Å². The van der Waals surface area contributed by atoms with Crippen molar-refractivity contribution in [2.45, 2.75) is 73.7 Å². The zero-order valence-corrected chi connectivity index (χ0v) is 12.6. The van der Waals surface area contributed by atoms with Gasteiger partial charge in [0.1, 0.15) is 0 Å². The third-order valence-electron chi connectivity index (χ3n) is 3.25. The number of carbonyl (C=O) groups excluding carboxylic acids is 1. The fourth-order valence-corrected chi connectivity index (χ4v) is 1.21. The van der Waals surface area contributed by atoms with Gasteiger partial charge in [-0.2, -0.15) is 0 Å². The predicted molar refractivity (Wildman–Crippen MR) is 69.6 cm³/mol. The normalized spacial score (nSPS) is 16.1. The van der Waals surface area contributed by atoms with E-state index >= 15 is 0 Å². The fourth-order valence-electron chi connectivity index (χ4n) is 1.21. The topological polar surface area (TPSA) is 35.5 Å². The van der Waals surface area contributed by atoms with E-state index in [1.807, 2.05) is 55.4 Å². The Morgan fingerprint density at radius 1 is 1.12 bits per heavy atom. The molecule has 1 unspecified atom stereocenters. The summed E-state index contributed by atoms with van der Waals surface area (Å²) < 4.78 is 11.4. The fraction of sp³-hybridized carbons (Fsp3) is 0.929. The third kappa shape index (κ3) is 4.66. The summed E-state index contributed by atoms with van der Waals surface area (Å²) in [5.41, 5.74) is -0.462. The minimum absolute atomic E-state index is 0.0277. The van der Waals surface area contributed by atoms with Crippen molar-refractivity contribution in [2.24, 2.45) is 11.3 Å². The summed E-state index contributed by atoms with van der Waals surface area (Å²) in [4.78, 5) is 12.1. The highest BCUT2D eigenvalue weighted by Crippen LogP contribution is 2.30. The van der Waals surface area contributed by atoms with Gasteiger partial charge >= 0.3 is 5.97 Å². The van der Waals surface area contributed by atoms with Gasteiger partial charge in [0.15, 0.2) is 0 Å². The minimum atomic E-state index is -0.850. The van der Waals surface area contributed by atoms with Crippen molar-refractivity contribution in [2.75, 3.05) is 0 Å². The lowest BCUT2D eigenvalue weighted by atomic mass is 9.90. The zero-order valence-electron chi connectivity index (χ0n) is 12.6. The van der Waals surface area contributed by atoms with Gasteiger partial charge in [0.05, 0.1) is 11.5 Å². The summed E-state index contributed by atoms with van der Waals surface area (Å²) in [6.07, 6.45) is 0.779. The van der Waals surface area contributed by atoms with Crippen LogP contribution in [-0.2, 0) is 14.3 Å². The highest BCUT2D eigenvalue weighted by molar-refractivity contribution is 5.76. The molecule has 0 fully saturated rings. The SMILES string of the molecule is CCC(C)(C)C(=O)OC(C)(OC(C)C)C(C)C. The molecule has 0 N–H and O–H groups in total. The number of hydrogen-bond acceptors (Lipinski definition) is 3. The summed E-state index contributed by atoms with van der Waals surface area (Å²) in [6, 6.07) is 0. The van der Waals surface area contributed by atoms with Crippen LogP contribution in [0.25, 0.3) is 0 Å². The van der Waals surface area contributed by atoms with E-state index in [-0.39, 0.29) is 18.0 Å². The summed E-state index contributed by atoms with van der Waals surface area (Å²) in [6.45, 7) is 15.5. The van der Waals surface area contributed by atoms with Gasteiger partial charge in [-0.25, -0.2) is 0 Å². The molecule has 0 aliphatic carbocycles. The van der Waals surface area contributed by atoms with E-state index in [9.17, 15) is 4.79 Å². The Morgan fingerprint density at radius 2 is 1.59 bits per heavy atom. The first-order valence-electron chi connectivity index (χ1n) is 6.46. The van der Waals surface area contributed by atoms with E-state index < -0.39 is 11.2 Å². The number of esters is 1. The van der Waals surface area contributed by atoms with Crippen LogP contribution < -0.4 is 0 Å². The van der Waals surface area contributed by atoms with Gasteiger partial charge in [-0.05, 0) is 34.1 Å². The highest BCUT2D eigenvalue weighted by Gasteiger charge is 2.39. The summed E-state index contributed by atoms with van der Waals surface area (Å²) in [5.74, 6) is -0.934. The van der Waals surface area contributed by atoms with Crippen LogP contribution in [0.5, 0.6) is 0 Å². The molecule has 0 saturated carbocycles. The van der Waals surface area contributed by atoms with Crippen LogP contribution >= 0.6 is 0 Å². The molecule has 0 spiro atoms. The molecule has 3 heteroatoms.